The second kappa shape index (κ2) is 4.13. The second-order valence-electron chi connectivity index (χ2n) is 4.97. The zero-order valence-electron chi connectivity index (χ0n) is 9.67. The lowest BCUT2D eigenvalue weighted by Gasteiger charge is -2.16. The molecule has 2 nitrogen and oxygen atoms in total. The smallest absolute Gasteiger partial charge is 0.0595 e. The van der Waals surface area contributed by atoms with Crippen LogP contribution in [0, 0.1) is 11.8 Å². The highest BCUT2D eigenvalue weighted by Crippen LogP contribution is 2.62. The van der Waals surface area contributed by atoms with Crippen LogP contribution in [-0.2, 0) is 10.2 Å². The highest BCUT2D eigenvalue weighted by molar-refractivity contribution is 6.42. The Balaban J connectivity index is 1.94. The van der Waals surface area contributed by atoms with Gasteiger partial charge in [-0.2, -0.15) is 0 Å². The number of piperidine rings is 1. The molecule has 0 bridgehead atoms. The minimum absolute atomic E-state index is 0.226. The number of ether oxygens (including phenoxy) is 1. The molecule has 1 aliphatic heterocycles. The fourth-order valence-electron chi connectivity index (χ4n) is 3.39. The summed E-state index contributed by atoms with van der Waals surface area (Å²) >= 11 is 12.1. The van der Waals surface area contributed by atoms with Gasteiger partial charge in [-0.05, 0) is 36.1 Å². The Morgan fingerprint density at radius 2 is 2.24 bits per heavy atom. The number of methoxy groups -OCH3 is 1. The molecule has 1 saturated heterocycles. The van der Waals surface area contributed by atoms with E-state index in [1.807, 2.05) is 12.1 Å². The molecule has 2 fully saturated rings. The van der Waals surface area contributed by atoms with Crippen molar-refractivity contribution in [3.63, 3.8) is 0 Å². The molecule has 3 rings (SSSR count). The van der Waals surface area contributed by atoms with Gasteiger partial charge in [-0.25, -0.2) is 0 Å². The predicted octanol–water partition coefficient (Wildman–Crippen LogP) is 2.73. The summed E-state index contributed by atoms with van der Waals surface area (Å²) in [7, 11) is 1.77. The first-order chi connectivity index (χ1) is 8.20. The fourth-order valence-corrected chi connectivity index (χ4v) is 3.68. The fraction of sp³-hybridized carbons (Fsp3) is 0.538. The summed E-state index contributed by atoms with van der Waals surface area (Å²) in [6.07, 6.45) is 0. The van der Waals surface area contributed by atoms with E-state index in [9.17, 15) is 0 Å². The SMILES string of the molecule is COC[C@@H]1[C@@H]2CNC[C@]12c1ccc(Cl)c(Cl)c1. The molecule has 3 atom stereocenters. The van der Waals surface area contributed by atoms with Gasteiger partial charge in [0, 0.05) is 19.1 Å². The van der Waals surface area contributed by atoms with Gasteiger partial charge in [0.1, 0.15) is 0 Å². The van der Waals surface area contributed by atoms with Crippen LogP contribution in [0.2, 0.25) is 10.0 Å². The van der Waals surface area contributed by atoms with Crippen LogP contribution in [0.3, 0.4) is 0 Å². The Morgan fingerprint density at radius 1 is 1.41 bits per heavy atom. The maximum Gasteiger partial charge on any atom is 0.0595 e. The summed E-state index contributed by atoms with van der Waals surface area (Å²) in [5.41, 5.74) is 1.52. The molecule has 1 saturated carbocycles. The lowest BCUT2D eigenvalue weighted by atomic mass is 9.93. The van der Waals surface area contributed by atoms with Crippen molar-refractivity contribution in [3.8, 4) is 0 Å². The summed E-state index contributed by atoms with van der Waals surface area (Å²) in [6.45, 7) is 2.92. The first-order valence-electron chi connectivity index (χ1n) is 5.85. The molecule has 0 unspecified atom stereocenters. The van der Waals surface area contributed by atoms with E-state index < -0.39 is 0 Å². The Labute approximate surface area is 111 Å². The van der Waals surface area contributed by atoms with Gasteiger partial charge in [0.15, 0.2) is 0 Å². The Hall–Kier alpha value is -0.280. The van der Waals surface area contributed by atoms with Crippen molar-refractivity contribution in [2.24, 2.45) is 11.8 Å². The molecule has 17 heavy (non-hydrogen) atoms. The monoisotopic (exact) mass is 271 g/mol. The van der Waals surface area contributed by atoms with E-state index in [1.165, 1.54) is 5.56 Å². The van der Waals surface area contributed by atoms with Crippen molar-refractivity contribution >= 4 is 23.2 Å². The molecule has 1 aliphatic carbocycles. The normalized spacial score (nSPS) is 34.8. The van der Waals surface area contributed by atoms with Crippen molar-refractivity contribution in [2.45, 2.75) is 5.41 Å². The summed E-state index contributed by atoms with van der Waals surface area (Å²) in [4.78, 5) is 0. The van der Waals surface area contributed by atoms with E-state index in [-0.39, 0.29) is 5.41 Å². The van der Waals surface area contributed by atoms with Crippen LogP contribution in [-0.4, -0.2) is 26.8 Å². The second-order valence-corrected chi connectivity index (χ2v) is 5.78. The third kappa shape index (κ3) is 1.62. The van der Waals surface area contributed by atoms with Crippen LogP contribution in [0.15, 0.2) is 18.2 Å². The summed E-state index contributed by atoms with van der Waals surface area (Å²) in [5, 5.41) is 4.72. The van der Waals surface area contributed by atoms with E-state index in [2.05, 4.69) is 11.4 Å². The number of benzene rings is 1. The van der Waals surface area contributed by atoms with Gasteiger partial charge >= 0.3 is 0 Å². The molecule has 2 aliphatic rings. The summed E-state index contributed by atoms with van der Waals surface area (Å²) < 4.78 is 5.32. The molecule has 1 aromatic carbocycles. The van der Waals surface area contributed by atoms with Gasteiger partial charge in [0.25, 0.3) is 0 Å². The average Bonchev–Trinajstić information content (AvgIpc) is 2.72. The van der Waals surface area contributed by atoms with Crippen LogP contribution in [0.4, 0.5) is 0 Å². The first-order valence-corrected chi connectivity index (χ1v) is 6.61. The van der Waals surface area contributed by atoms with Gasteiger partial charge in [0.05, 0.1) is 16.7 Å². The predicted molar refractivity (Wildman–Crippen MR) is 69.9 cm³/mol. The summed E-state index contributed by atoms with van der Waals surface area (Å²) in [6, 6.07) is 6.01. The van der Waals surface area contributed by atoms with Crippen molar-refractivity contribution in [2.75, 3.05) is 26.8 Å². The van der Waals surface area contributed by atoms with E-state index in [0.29, 0.717) is 21.9 Å². The van der Waals surface area contributed by atoms with Crippen molar-refractivity contribution in [1.29, 1.82) is 0 Å². The standard InChI is InChI=1S/C13H15Cl2NO/c1-17-6-10-9-5-16-7-13(9,10)8-2-3-11(14)12(15)4-8/h2-4,9-10,16H,5-7H2,1H3/t9-,10+,13+/m0/s1. The van der Waals surface area contributed by atoms with Gasteiger partial charge in [-0.3, -0.25) is 0 Å². The zero-order chi connectivity index (χ0) is 12.0. The molecule has 0 amide bonds. The van der Waals surface area contributed by atoms with Crippen LogP contribution in [0.1, 0.15) is 5.56 Å². The third-order valence-electron chi connectivity index (χ3n) is 4.28. The van der Waals surface area contributed by atoms with E-state index >= 15 is 0 Å². The Kier molecular flexibility index (Phi) is 2.86. The Bertz CT molecular complexity index is 451. The third-order valence-corrected chi connectivity index (χ3v) is 5.02. The maximum absolute atomic E-state index is 6.11. The quantitative estimate of drug-likeness (QED) is 0.913. The molecule has 1 heterocycles. The molecule has 0 spiro atoms. The maximum atomic E-state index is 6.11. The number of halogens is 2. The summed E-state index contributed by atoms with van der Waals surface area (Å²) in [5.74, 6) is 1.30. The van der Waals surface area contributed by atoms with Gasteiger partial charge in [-0.1, -0.05) is 29.3 Å². The average molecular weight is 272 g/mol. The highest BCUT2D eigenvalue weighted by Gasteiger charge is 2.67. The van der Waals surface area contributed by atoms with Gasteiger partial charge < -0.3 is 10.1 Å². The number of hydrogen-bond acceptors (Lipinski definition) is 2. The van der Waals surface area contributed by atoms with Crippen LogP contribution >= 0.6 is 23.2 Å². The number of rotatable bonds is 3. The minimum Gasteiger partial charge on any atom is -0.384 e. The number of nitrogens with one attached hydrogen (secondary N) is 1. The van der Waals surface area contributed by atoms with Crippen molar-refractivity contribution in [1.82, 2.24) is 5.32 Å². The molecule has 0 radical (unpaired) electrons. The molecule has 4 heteroatoms. The number of fused-ring (bicyclic) bond motifs is 1. The van der Waals surface area contributed by atoms with Gasteiger partial charge in [-0.15, -0.1) is 0 Å². The highest BCUT2D eigenvalue weighted by atomic mass is 35.5. The molecule has 1 aromatic rings. The molecular weight excluding hydrogens is 257 g/mol. The van der Waals surface area contributed by atoms with Crippen LogP contribution in [0.25, 0.3) is 0 Å². The molecular formula is C13H15Cl2NO. The van der Waals surface area contributed by atoms with Crippen molar-refractivity contribution in [3.05, 3.63) is 33.8 Å². The van der Waals surface area contributed by atoms with Crippen LogP contribution in [0.5, 0.6) is 0 Å². The van der Waals surface area contributed by atoms with Crippen molar-refractivity contribution < 1.29 is 4.74 Å². The Morgan fingerprint density at radius 3 is 2.94 bits per heavy atom. The van der Waals surface area contributed by atoms with E-state index in [4.69, 9.17) is 27.9 Å². The number of hydrogen-bond donors (Lipinski definition) is 1. The van der Waals surface area contributed by atoms with Crippen LogP contribution < -0.4 is 5.32 Å². The largest absolute Gasteiger partial charge is 0.384 e. The minimum atomic E-state index is 0.226. The molecule has 92 valence electrons. The molecule has 0 aromatic heterocycles. The molecule has 1 N–H and O–H groups in total. The van der Waals surface area contributed by atoms with E-state index in [1.54, 1.807) is 7.11 Å². The van der Waals surface area contributed by atoms with E-state index in [0.717, 1.165) is 19.7 Å². The lowest BCUT2D eigenvalue weighted by molar-refractivity contribution is 0.172. The van der Waals surface area contributed by atoms with Gasteiger partial charge in [0.2, 0.25) is 0 Å². The zero-order valence-corrected chi connectivity index (χ0v) is 11.2. The first kappa shape index (κ1) is 11.8. The lowest BCUT2D eigenvalue weighted by Crippen LogP contribution is -2.25. The topological polar surface area (TPSA) is 21.3 Å².